The molecule has 1 rings (SSSR count). The van der Waals surface area contributed by atoms with Crippen LogP contribution in [0.2, 0.25) is 0 Å². The van der Waals surface area contributed by atoms with Gasteiger partial charge in [0.05, 0.1) is 6.61 Å². The molecule has 1 N–H and O–H groups in total. The monoisotopic (exact) mass is 299 g/mol. The van der Waals surface area contributed by atoms with Crippen molar-refractivity contribution in [2.24, 2.45) is 0 Å². The topological polar surface area (TPSA) is 21.3 Å². The van der Waals surface area contributed by atoms with Gasteiger partial charge in [-0.25, -0.2) is 0 Å². The fourth-order valence-electron chi connectivity index (χ4n) is 1.63. The van der Waals surface area contributed by atoms with Crippen molar-refractivity contribution in [2.45, 2.75) is 39.2 Å². The number of rotatable bonds is 8. The molecule has 0 amide bonds. The lowest BCUT2D eigenvalue weighted by atomic mass is 10.2. The predicted molar refractivity (Wildman–Crippen MR) is 76.6 cm³/mol. The Morgan fingerprint density at radius 1 is 1.41 bits per heavy atom. The second-order valence-electron chi connectivity index (χ2n) is 4.30. The van der Waals surface area contributed by atoms with Crippen molar-refractivity contribution >= 4 is 15.9 Å². The minimum Gasteiger partial charge on any atom is -0.494 e. The van der Waals surface area contributed by atoms with E-state index in [1.54, 1.807) is 0 Å². The van der Waals surface area contributed by atoms with Crippen LogP contribution < -0.4 is 10.1 Å². The fraction of sp³-hybridized carbons (Fsp3) is 0.571. The van der Waals surface area contributed by atoms with Gasteiger partial charge in [-0.1, -0.05) is 28.9 Å². The van der Waals surface area contributed by atoms with Gasteiger partial charge in [-0.05, 0) is 50.9 Å². The standard InChI is InChI=1S/C14H22BrNO/c1-3-9-16-12(2)6-5-10-17-14-8-4-7-13(15)11-14/h4,7-8,11-12,16H,3,5-6,9-10H2,1-2H3. The zero-order valence-electron chi connectivity index (χ0n) is 10.7. The van der Waals surface area contributed by atoms with Gasteiger partial charge < -0.3 is 10.1 Å². The van der Waals surface area contributed by atoms with Crippen molar-refractivity contribution in [1.82, 2.24) is 5.32 Å². The lowest BCUT2D eigenvalue weighted by molar-refractivity contribution is 0.298. The summed E-state index contributed by atoms with van der Waals surface area (Å²) in [7, 11) is 0. The molecule has 1 unspecified atom stereocenters. The molecule has 0 fully saturated rings. The summed E-state index contributed by atoms with van der Waals surface area (Å²) < 4.78 is 6.75. The molecule has 96 valence electrons. The number of nitrogens with one attached hydrogen (secondary N) is 1. The Morgan fingerprint density at radius 2 is 2.24 bits per heavy atom. The van der Waals surface area contributed by atoms with Crippen LogP contribution in [0.3, 0.4) is 0 Å². The van der Waals surface area contributed by atoms with Crippen molar-refractivity contribution in [1.29, 1.82) is 0 Å². The van der Waals surface area contributed by atoms with E-state index >= 15 is 0 Å². The Hall–Kier alpha value is -0.540. The molecule has 17 heavy (non-hydrogen) atoms. The number of ether oxygens (including phenoxy) is 1. The van der Waals surface area contributed by atoms with Crippen LogP contribution in [0.4, 0.5) is 0 Å². The van der Waals surface area contributed by atoms with Gasteiger partial charge in [0.1, 0.15) is 5.75 Å². The summed E-state index contributed by atoms with van der Waals surface area (Å²) in [6.45, 7) is 6.31. The Labute approximate surface area is 113 Å². The largest absolute Gasteiger partial charge is 0.494 e. The highest BCUT2D eigenvalue weighted by Crippen LogP contribution is 2.17. The van der Waals surface area contributed by atoms with Gasteiger partial charge in [-0.15, -0.1) is 0 Å². The Morgan fingerprint density at radius 3 is 2.94 bits per heavy atom. The lowest BCUT2D eigenvalue weighted by Gasteiger charge is -2.13. The van der Waals surface area contributed by atoms with E-state index in [4.69, 9.17) is 4.74 Å². The van der Waals surface area contributed by atoms with E-state index in [9.17, 15) is 0 Å². The van der Waals surface area contributed by atoms with Crippen LogP contribution in [0.15, 0.2) is 28.7 Å². The van der Waals surface area contributed by atoms with Gasteiger partial charge in [0.25, 0.3) is 0 Å². The molecule has 0 saturated carbocycles. The summed E-state index contributed by atoms with van der Waals surface area (Å²) in [6, 6.07) is 8.57. The second-order valence-corrected chi connectivity index (χ2v) is 5.22. The van der Waals surface area contributed by atoms with Crippen molar-refractivity contribution < 1.29 is 4.74 Å². The van der Waals surface area contributed by atoms with Gasteiger partial charge in [-0.3, -0.25) is 0 Å². The molecule has 1 atom stereocenters. The zero-order chi connectivity index (χ0) is 12.5. The lowest BCUT2D eigenvalue weighted by Crippen LogP contribution is -2.26. The number of hydrogen-bond acceptors (Lipinski definition) is 2. The zero-order valence-corrected chi connectivity index (χ0v) is 12.3. The minimum atomic E-state index is 0.584. The van der Waals surface area contributed by atoms with E-state index < -0.39 is 0 Å². The molecule has 0 aliphatic heterocycles. The predicted octanol–water partition coefficient (Wildman–Crippen LogP) is 4.00. The van der Waals surface area contributed by atoms with Gasteiger partial charge >= 0.3 is 0 Å². The molecule has 3 heteroatoms. The highest BCUT2D eigenvalue weighted by molar-refractivity contribution is 9.10. The molecule has 0 heterocycles. The summed E-state index contributed by atoms with van der Waals surface area (Å²) in [5, 5.41) is 3.48. The average molecular weight is 300 g/mol. The molecule has 1 aromatic carbocycles. The third-order valence-corrected chi connectivity index (χ3v) is 3.08. The van der Waals surface area contributed by atoms with Gasteiger partial charge in [0, 0.05) is 10.5 Å². The number of halogens is 1. The molecular formula is C14H22BrNO. The second kappa shape index (κ2) is 8.54. The highest BCUT2D eigenvalue weighted by atomic mass is 79.9. The number of benzene rings is 1. The van der Waals surface area contributed by atoms with Crippen molar-refractivity contribution in [3.05, 3.63) is 28.7 Å². The van der Waals surface area contributed by atoms with Crippen molar-refractivity contribution in [2.75, 3.05) is 13.2 Å². The van der Waals surface area contributed by atoms with E-state index in [-0.39, 0.29) is 0 Å². The quantitative estimate of drug-likeness (QED) is 0.733. The van der Waals surface area contributed by atoms with E-state index in [2.05, 4.69) is 35.1 Å². The SMILES string of the molecule is CCCNC(C)CCCOc1cccc(Br)c1. The average Bonchev–Trinajstić information content (AvgIpc) is 2.32. The van der Waals surface area contributed by atoms with E-state index in [1.807, 2.05) is 24.3 Å². The smallest absolute Gasteiger partial charge is 0.120 e. The first-order valence-corrected chi connectivity index (χ1v) is 7.13. The van der Waals surface area contributed by atoms with Crippen LogP contribution in [0.5, 0.6) is 5.75 Å². The first-order valence-electron chi connectivity index (χ1n) is 6.34. The van der Waals surface area contributed by atoms with Crippen molar-refractivity contribution in [3.63, 3.8) is 0 Å². The van der Waals surface area contributed by atoms with Crippen LogP contribution in [0, 0.1) is 0 Å². The van der Waals surface area contributed by atoms with Crippen molar-refractivity contribution in [3.8, 4) is 5.75 Å². The van der Waals surface area contributed by atoms with Gasteiger partial charge in [0.15, 0.2) is 0 Å². The van der Waals surface area contributed by atoms with Crippen LogP contribution in [-0.4, -0.2) is 19.2 Å². The normalized spacial score (nSPS) is 12.4. The maximum atomic E-state index is 5.68. The van der Waals surface area contributed by atoms with Gasteiger partial charge in [0.2, 0.25) is 0 Å². The highest BCUT2D eigenvalue weighted by Gasteiger charge is 2.00. The third kappa shape index (κ3) is 6.69. The van der Waals surface area contributed by atoms with E-state index in [1.165, 1.54) is 6.42 Å². The molecule has 0 aliphatic rings. The van der Waals surface area contributed by atoms with Gasteiger partial charge in [-0.2, -0.15) is 0 Å². The summed E-state index contributed by atoms with van der Waals surface area (Å²) in [5.74, 6) is 0.938. The maximum absolute atomic E-state index is 5.68. The van der Waals surface area contributed by atoms with Crippen LogP contribution in [0.25, 0.3) is 0 Å². The third-order valence-electron chi connectivity index (χ3n) is 2.59. The summed E-state index contributed by atoms with van der Waals surface area (Å²) in [4.78, 5) is 0. The molecular weight excluding hydrogens is 278 g/mol. The Bertz CT molecular complexity index is 317. The molecule has 0 saturated heterocycles. The molecule has 0 spiro atoms. The molecule has 0 aromatic heterocycles. The van der Waals surface area contributed by atoms with E-state index in [0.29, 0.717) is 6.04 Å². The molecule has 1 aromatic rings. The molecule has 0 aliphatic carbocycles. The first-order chi connectivity index (χ1) is 8.22. The molecule has 2 nitrogen and oxygen atoms in total. The Balaban J connectivity index is 2.11. The molecule has 0 bridgehead atoms. The van der Waals surface area contributed by atoms with E-state index in [0.717, 1.165) is 36.2 Å². The van der Waals surface area contributed by atoms with Crippen LogP contribution >= 0.6 is 15.9 Å². The summed E-state index contributed by atoms with van der Waals surface area (Å²) >= 11 is 3.43. The first kappa shape index (κ1) is 14.5. The Kier molecular flexibility index (Phi) is 7.29. The minimum absolute atomic E-state index is 0.584. The molecule has 0 radical (unpaired) electrons. The summed E-state index contributed by atoms with van der Waals surface area (Å²) in [6.07, 6.45) is 3.44. The van der Waals surface area contributed by atoms with Crippen LogP contribution in [-0.2, 0) is 0 Å². The number of hydrogen-bond donors (Lipinski definition) is 1. The van der Waals surface area contributed by atoms with Crippen LogP contribution in [0.1, 0.15) is 33.1 Å². The summed E-state index contributed by atoms with van der Waals surface area (Å²) in [5.41, 5.74) is 0. The maximum Gasteiger partial charge on any atom is 0.120 e. The fourth-order valence-corrected chi connectivity index (χ4v) is 2.01.